The molecule has 2 aliphatic heterocycles. The van der Waals surface area contributed by atoms with Crippen LogP contribution in [0.4, 0.5) is 5.69 Å². The molecule has 0 spiro atoms. The van der Waals surface area contributed by atoms with Crippen molar-refractivity contribution in [2.75, 3.05) is 51.2 Å². The van der Waals surface area contributed by atoms with E-state index in [1.54, 1.807) is 16.4 Å². The Morgan fingerprint density at radius 1 is 0.921 bits per heavy atom. The Hall–Kier alpha value is -2.48. The molecule has 1 saturated carbocycles. The first-order valence-electron chi connectivity index (χ1n) is 13.8. The predicted octanol–water partition coefficient (Wildman–Crippen LogP) is 4.65. The number of nitrogens with zero attached hydrogens (tertiary/aromatic N) is 3. The summed E-state index contributed by atoms with van der Waals surface area (Å²) in [6.45, 7) is 11.3. The number of rotatable bonds is 5. The Labute approximate surface area is 228 Å². The summed E-state index contributed by atoms with van der Waals surface area (Å²) in [4.78, 5) is 17.5. The van der Waals surface area contributed by atoms with Gasteiger partial charge in [0.2, 0.25) is 10.0 Å². The van der Waals surface area contributed by atoms with E-state index < -0.39 is 10.0 Å². The monoisotopic (exact) mass is 535 g/mol. The maximum atomic E-state index is 13.7. The topological polar surface area (TPSA) is 60.9 Å². The summed E-state index contributed by atoms with van der Waals surface area (Å²) < 4.78 is 29.1. The molecule has 1 unspecified atom stereocenters. The summed E-state index contributed by atoms with van der Waals surface area (Å²) in [6.07, 6.45) is 4.38. The number of likely N-dealkylation sites (N-methyl/N-ethyl adjacent to an activating group) is 1. The number of piperazine rings is 1. The van der Waals surface area contributed by atoms with Crippen molar-refractivity contribution in [2.45, 2.75) is 56.8 Å². The van der Waals surface area contributed by atoms with Gasteiger partial charge in [0.25, 0.3) is 0 Å². The average Bonchev–Trinajstić information content (AvgIpc) is 2.89. The maximum absolute atomic E-state index is 13.7. The molecule has 0 bridgehead atoms. The molecule has 2 fully saturated rings. The molecule has 0 N–H and O–H groups in total. The molecule has 3 aliphatic rings. The second kappa shape index (κ2) is 10.2. The molecule has 7 heteroatoms. The third kappa shape index (κ3) is 5.47. The van der Waals surface area contributed by atoms with Crippen molar-refractivity contribution in [3.8, 4) is 0 Å². The SMILES string of the molecule is CN1CCN(c2ccc(CC34CCC(=O)CC3=CCN(S(=O)(=O)c3ccc(C(C)(C)C)cc3)C4)cc2)CC1. The van der Waals surface area contributed by atoms with Crippen molar-refractivity contribution in [1.29, 1.82) is 0 Å². The van der Waals surface area contributed by atoms with E-state index in [0.29, 0.717) is 37.2 Å². The van der Waals surface area contributed by atoms with E-state index in [1.807, 2.05) is 18.2 Å². The molecular formula is C31H41N3O3S. The molecule has 2 heterocycles. The predicted molar refractivity (Wildman–Crippen MR) is 153 cm³/mol. The van der Waals surface area contributed by atoms with Crippen molar-refractivity contribution in [3.05, 3.63) is 71.3 Å². The second-order valence-corrected chi connectivity index (χ2v) is 14.4. The van der Waals surface area contributed by atoms with Gasteiger partial charge in [0, 0.05) is 63.2 Å². The highest BCUT2D eigenvalue weighted by molar-refractivity contribution is 7.89. The molecule has 5 rings (SSSR count). The molecule has 1 aliphatic carbocycles. The minimum absolute atomic E-state index is 0.0380. The van der Waals surface area contributed by atoms with Gasteiger partial charge in [0.05, 0.1) is 4.90 Å². The molecule has 6 nitrogen and oxygen atoms in total. The molecule has 2 aromatic rings. The number of Topliss-reactive ketones (excluding diaryl/α,β-unsaturated/α-hetero) is 1. The van der Waals surface area contributed by atoms with Crippen LogP contribution in [0.1, 0.15) is 51.2 Å². The van der Waals surface area contributed by atoms with E-state index in [1.165, 1.54) is 11.3 Å². The van der Waals surface area contributed by atoms with Crippen LogP contribution in [-0.4, -0.2) is 69.7 Å². The zero-order valence-corrected chi connectivity index (χ0v) is 24.1. The van der Waals surface area contributed by atoms with Gasteiger partial charge in [0.15, 0.2) is 0 Å². The van der Waals surface area contributed by atoms with E-state index in [2.05, 4.69) is 61.9 Å². The first-order chi connectivity index (χ1) is 18.0. The molecule has 204 valence electrons. The number of sulfonamides is 1. The molecule has 1 atom stereocenters. The highest BCUT2D eigenvalue weighted by Gasteiger charge is 2.45. The number of hydrogen-bond acceptors (Lipinski definition) is 5. The van der Waals surface area contributed by atoms with Crippen LogP contribution in [0.2, 0.25) is 0 Å². The van der Waals surface area contributed by atoms with Crippen LogP contribution in [-0.2, 0) is 26.7 Å². The Morgan fingerprint density at radius 2 is 1.58 bits per heavy atom. The van der Waals surface area contributed by atoms with E-state index in [9.17, 15) is 13.2 Å². The Balaban J connectivity index is 1.38. The molecule has 0 aromatic heterocycles. The van der Waals surface area contributed by atoms with Crippen LogP contribution < -0.4 is 4.90 Å². The zero-order chi connectivity index (χ0) is 27.1. The molecule has 0 amide bonds. The van der Waals surface area contributed by atoms with Crippen molar-refractivity contribution >= 4 is 21.5 Å². The van der Waals surface area contributed by atoms with Gasteiger partial charge in [-0.05, 0) is 60.7 Å². The second-order valence-electron chi connectivity index (χ2n) is 12.4. The Morgan fingerprint density at radius 3 is 2.21 bits per heavy atom. The third-order valence-corrected chi connectivity index (χ3v) is 10.5. The minimum Gasteiger partial charge on any atom is -0.369 e. The zero-order valence-electron chi connectivity index (χ0n) is 23.2. The van der Waals surface area contributed by atoms with E-state index in [0.717, 1.165) is 43.7 Å². The van der Waals surface area contributed by atoms with Crippen LogP contribution >= 0.6 is 0 Å². The van der Waals surface area contributed by atoms with Gasteiger partial charge in [-0.15, -0.1) is 0 Å². The number of carbonyl (C=O) groups excluding carboxylic acids is 1. The van der Waals surface area contributed by atoms with Crippen molar-refractivity contribution in [3.63, 3.8) is 0 Å². The normalized spacial score (nSPS) is 23.7. The summed E-state index contributed by atoms with van der Waals surface area (Å²) in [6, 6.07) is 16.1. The van der Waals surface area contributed by atoms with Crippen molar-refractivity contribution < 1.29 is 13.2 Å². The number of fused-ring (bicyclic) bond motifs is 1. The van der Waals surface area contributed by atoms with Crippen LogP contribution in [0.3, 0.4) is 0 Å². The van der Waals surface area contributed by atoms with Gasteiger partial charge in [-0.1, -0.05) is 56.7 Å². The largest absolute Gasteiger partial charge is 0.369 e. The Kier molecular flexibility index (Phi) is 7.31. The van der Waals surface area contributed by atoms with E-state index in [-0.39, 0.29) is 16.6 Å². The fourth-order valence-corrected chi connectivity index (χ4v) is 7.57. The van der Waals surface area contributed by atoms with Gasteiger partial charge >= 0.3 is 0 Å². The lowest BCUT2D eigenvalue weighted by Gasteiger charge is -2.45. The van der Waals surface area contributed by atoms with Crippen molar-refractivity contribution in [1.82, 2.24) is 9.21 Å². The first kappa shape index (κ1) is 27.1. The average molecular weight is 536 g/mol. The Bertz CT molecular complexity index is 1300. The third-order valence-electron chi connectivity index (χ3n) is 8.68. The number of ketones is 1. The summed E-state index contributed by atoms with van der Waals surface area (Å²) in [5.74, 6) is 0.256. The van der Waals surface area contributed by atoms with Crippen LogP contribution in [0.25, 0.3) is 0 Å². The standard InChI is InChI=1S/C31H41N3O3S/c1-30(2,3)25-7-11-29(12-8-25)38(36,37)34-16-14-26-21-28(35)13-15-31(26,23-34)22-24-5-9-27(10-6-24)33-19-17-32(4)18-20-33/h5-12,14H,13,15-23H2,1-4H3. The fraction of sp³-hybridized carbons (Fsp3) is 0.516. The van der Waals surface area contributed by atoms with Gasteiger partial charge in [-0.3, -0.25) is 4.79 Å². The highest BCUT2D eigenvalue weighted by Crippen LogP contribution is 2.46. The maximum Gasteiger partial charge on any atom is 0.243 e. The molecule has 2 aromatic carbocycles. The van der Waals surface area contributed by atoms with Crippen LogP contribution in [0, 0.1) is 5.41 Å². The lowest BCUT2D eigenvalue weighted by Crippen LogP contribution is -2.49. The quantitative estimate of drug-likeness (QED) is 0.522. The molecule has 1 saturated heterocycles. The number of carbonyl (C=O) groups is 1. The summed E-state index contributed by atoms with van der Waals surface area (Å²) >= 11 is 0. The minimum atomic E-state index is -3.65. The number of benzene rings is 2. The van der Waals surface area contributed by atoms with E-state index >= 15 is 0 Å². The van der Waals surface area contributed by atoms with Gasteiger partial charge in [0.1, 0.15) is 5.78 Å². The highest BCUT2D eigenvalue weighted by atomic mass is 32.2. The lowest BCUT2D eigenvalue weighted by atomic mass is 9.65. The number of anilines is 1. The van der Waals surface area contributed by atoms with E-state index in [4.69, 9.17) is 0 Å². The molecular weight excluding hydrogens is 494 g/mol. The van der Waals surface area contributed by atoms with Gasteiger partial charge in [-0.2, -0.15) is 4.31 Å². The van der Waals surface area contributed by atoms with Crippen LogP contribution in [0.15, 0.2) is 65.1 Å². The number of hydrogen-bond donors (Lipinski definition) is 0. The molecule has 38 heavy (non-hydrogen) atoms. The fourth-order valence-electron chi connectivity index (χ4n) is 6.11. The smallest absolute Gasteiger partial charge is 0.243 e. The van der Waals surface area contributed by atoms with Gasteiger partial charge in [-0.25, -0.2) is 8.42 Å². The summed E-state index contributed by atoms with van der Waals surface area (Å²) in [7, 11) is -1.49. The van der Waals surface area contributed by atoms with Gasteiger partial charge < -0.3 is 9.80 Å². The van der Waals surface area contributed by atoms with Crippen molar-refractivity contribution in [2.24, 2.45) is 5.41 Å². The lowest BCUT2D eigenvalue weighted by molar-refractivity contribution is -0.120. The summed E-state index contributed by atoms with van der Waals surface area (Å²) in [5, 5.41) is 0. The van der Waals surface area contributed by atoms with Crippen LogP contribution in [0.5, 0.6) is 0 Å². The summed E-state index contributed by atoms with van der Waals surface area (Å²) in [5.41, 5.74) is 4.27. The molecule has 0 radical (unpaired) electrons. The first-order valence-corrected chi connectivity index (χ1v) is 15.2.